The minimum atomic E-state index is -4.69. The molecule has 1 aromatic carbocycles. The highest BCUT2D eigenvalue weighted by Gasteiger charge is 2.27. The van der Waals surface area contributed by atoms with Crippen LogP contribution in [0.25, 0.3) is 0 Å². The van der Waals surface area contributed by atoms with Gasteiger partial charge in [-0.3, -0.25) is 9.79 Å². The van der Waals surface area contributed by atoms with Crippen LogP contribution in [0.15, 0.2) is 47.6 Å². The fourth-order valence-electron chi connectivity index (χ4n) is 2.32. The number of fused-ring (bicyclic) bond motifs is 1. The van der Waals surface area contributed by atoms with Gasteiger partial charge in [0.2, 0.25) is 0 Å². The van der Waals surface area contributed by atoms with Crippen LogP contribution in [0.2, 0.25) is 10.0 Å². The molecule has 0 saturated heterocycles. The van der Waals surface area contributed by atoms with Gasteiger partial charge in [0.1, 0.15) is 5.84 Å². The maximum atomic E-state index is 12.5. The molecule has 7 nitrogen and oxygen atoms in total. The number of hydrogen-bond acceptors (Lipinski definition) is 7. The van der Waals surface area contributed by atoms with Gasteiger partial charge in [0.15, 0.2) is 5.78 Å². The zero-order valence-corrected chi connectivity index (χ0v) is 14.9. The zero-order valence-electron chi connectivity index (χ0n) is 12.6. The molecule has 1 atom stereocenters. The van der Waals surface area contributed by atoms with Crippen LogP contribution in [0.3, 0.4) is 0 Å². The first kappa shape index (κ1) is 19.9. The maximum absolute atomic E-state index is 12.5. The van der Waals surface area contributed by atoms with Gasteiger partial charge in [-0.15, -0.1) is 0 Å². The highest BCUT2D eigenvalue weighted by molar-refractivity contribution is 6.42. The molecule has 10 heteroatoms. The molecule has 2 heterocycles. The molecule has 0 amide bonds. The smallest absolute Gasteiger partial charge is 0.169 e. The summed E-state index contributed by atoms with van der Waals surface area (Å²) in [5, 5.41) is 0.856. The molecule has 25 heavy (non-hydrogen) atoms. The van der Waals surface area contributed by atoms with Gasteiger partial charge in [-0.2, -0.15) is 14.0 Å². The van der Waals surface area contributed by atoms with Gasteiger partial charge in [0, 0.05) is 18.3 Å². The first-order valence-electron chi connectivity index (χ1n) is 6.93. The van der Waals surface area contributed by atoms with Crippen LogP contribution in [0.1, 0.15) is 10.4 Å². The van der Waals surface area contributed by atoms with E-state index in [2.05, 4.69) is 4.99 Å². The topological polar surface area (TPSA) is 122 Å². The van der Waals surface area contributed by atoms with Crippen molar-refractivity contribution in [3.8, 4) is 0 Å². The van der Waals surface area contributed by atoms with Gasteiger partial charge in [0.25, 0.3) is 0 Å². The predicted octanol–water partition coefficient (Wildman–Crippen LogP) is -0.534. The molecular weight excluding hydrogens is 395 g/mol. The Bertz CT molecular complexity index is 737. The normalized spacial score (nSPS) is 18.9. The van der Waals surface area contributed by atoms with E-state index in [0.717, 1.165) is 5.84 Å². The second kappa shape index (κ2) is 8.29. The number of hydrogen-bond donors (Lipinski definition) is 1. The number of ketones is 1. The van der Waals surface area contributed by atoms with E-state index < -0.39 is 10.2 Å². The largest absolute Gasteiger partial charge is 0.333 e. The number of carbonyl (C=O) groups excluding carboxylic acids is 1. The van der Waals surface area contributed by atoms with Crippen LogP contribution in [0, 0.1) is 16.2 Å². The summed E-state index contributed by atoms with van der Waals surface area (Å²) in [4.78, 5) is 18.9. The Labute approximate surface area is 155 Å². The average Bonchev–Trinajstić information content (AvgIpc) is 2.55. The molecule has 0 radical (unpaired) electrons. The van der Waals surface area contributed by atoms with Crippen LogP contribution >= 0.6 is 23.2 Å². The number of benzene rings is 1. The van der Waals surface area contributed by atoms with E-state index in [4.69, 9.17) is 41.8 Å². The van der Waals surface area contributed by atoms with E-state index in [-0.39, 0.29) is 11.7 Å². The molecule has 134 valence electrons. The first-order chi connectivity index (χ1) is 11.6. The summed E-state index contributed by atoms with van der Waals surface area (Å²) in [6.07, 6.45) is 7.76. The second-order valence-corrected chi connectivity index (χ2v) is 6.74. The first-order valence-corrected chi connectivity index (χ1v) is 8.95. The lowest BCUT2D eigenvalue weighted by molar-refractivity contribution is -1.92. The van der Waals surface area contributed by atoms with E-state index in [1.54, 1.807) is 18.2 Å². The molecule has 1 aromatic rings. The molecular formula is C15H13Cl3N2O5. The standard InChI is InChI=1S/C15H12Cl2N2O.ClHO4/c16-12-5-4-10(7-13(12)17)15(20)11-8-18-14-3-1-2-6-19(14)9-11;2-1(3,4)5/h1-7,11H,8-9H2;(H,2,3,4,5). The Morgan fingerprint density at radius 3 is 2.56 bits per heavy atom. The van der Waals surface area contributed by atoms with E-state index in [1.807, 2.05) is 29.3 Å². The summed E-state index contributed by atoms with van der Waals surface area (Å²) in [5.74, 6) is 0.798. The molecule has 0 fully saturated rings. The van der Waals surface area contributed by atoms with Crippen molar-refractivity contribution in [1.29, 1.82) is 0 Å². The monoisotopic (exact) mass is 406 g/mol. The van der Waals surface area contributed by atoms with Crippen molar-refractivity contribution in [2.24, 2.45) is 10.9 Å². The third-order valence-electron chi connectivity index (χ3n) is 3.38. The molecule has 1 unspecified atom stereocenters. The van der Waals surface area contributed by atoms with Crippen molar-refractivity contribution >= 4 is 34.8 Å². The number of amidine groups is 1. The molecule has 0 bridgehead atoms. The number of rotatable bonds is 2. The minimum Gasteiger partial charge on any atom is -0.333 e. The third kappa shape index (κ3) is 6.09. The van der Waals surface area contributed by atoms with Crippen molar-refractivity contribution in [2.45, 2.75) is 0 Å². The van der Waals surface area contributed by atoms with Crippen LogP contribution in [-0.2, 0) is 0 Å². The van der Waals surface area contributed by atoms with Crippen LogP contribution in [0.4, 0.5) is 0 Å². The van der Waals surface area contributed by atoms with Crippen molar-refractivity contribution in [3.05, 3.63) is 58.2 Å². The van der Waals surface area contributed by atoms with Crippen molar-refractivity contribution in [2.75, 3.05) is 13.1 Å². The summed E-state index contributed by atoms with van der Waals surface area (Å²) >= 11 is 11.8. The van der Waals surface area contributed by atoms with E-state index in [0.29, 0.717) is 28.7 Å². The highest BCUT2D eigenvalue weighted by atomic mass is 35.7. The molecule has 2 aliphatic rings. The number of halogens is 3. The molecule has 0 aliphatic carbocycles. The Morgan fingerprint density at radius 2 is 1.92 bits per heavy atom. The van der Waals surface area contributed by atoms with E-state index in [1.165, 1.54) is 0 Å². The SMILES string of the molecule is O=C(c1ccc(Cl)c(Cl)c1)C1CN=C2C=CC=CN2C1.[O-][Cl+3]([O-])([O-])O. The van der Waals surface area contributed by atoms with Crippen molar-refractivity contribution in [3.63, 3.8) is 0 Å². The number of carbonyl (C=O) groups is 1. The Hall–Kier alpha value is -1.45. The number of Topliss-reactive ketones (excluding diaryl/α,β-unsaturated/α-hetero) is 1. The fraction of sp³-hybridized carbons (Fsp3) is 0.200. The maximum Gasteiger partial charge on any atom is 0.169 e. The minimum absolute atomic E-state index is 0.0503. The van der Waals surface area contributed by atoms with Gasteiger partial charge < -0.3 is 4.90 Å². The summed E-state index contributed by atoms with van der Waals surface area (Å²) in [7, 11) is -4.69. The van der Waals surface area contributed by atoms with Gasteiger partial charge in [-0.1, -0.05) is 29.3 Å². The molecule has 0 saturated carbocycles. The number of allylic oxidation sites excluding steroid dienone is 2. The van der Waals surface area contributed by atoms with Crippen molar-refractivity contribution in [1.82, 2.24) is 4.90 Å². The molecule has 0 spiro atoms. The van der Waals surface area contributed by atoms with Crippen LogP contribution in [-0.4, -0.2) is 34.3 Å². The quantitative estimate of drug-likeness (QED) is 0.657. The Morgan fingerprint density at radius 1 is 1.24 bits per heavy atom. The highest BCUT2D eigenvalue weighted by Crippen LogP contribution is 2.25. The summed E-state index contributed by atoms with van der Waals surface area (Å²) in [6.45, 7) is 1.14. The Balaban J connectivity index is 0.000000399. The van der Waals surface area contributed by atoms with Gasteiger partial charge in [-0.05, 0) is 30.4 Å². The van der Waals surface area contributed by atoms with Crippen molar-refractivity contribution < 1.29 is 33.7 Å². The van der Waals surface area contributed by atoms with Gasteiger partial charge in [-0.25, -0.2) is 0 Å². The molecule has 0 aromatic heterocycles. The lowest BCUT2D eigenvalue weighted by atomic mass is 9.95. The summed E-state index contributed by atoms with van der Waals surface area (Å²) < 4.78 is 32.7. The Kier molecular flexibility index (Phi) is 6.59. The van der Waals surface area contributed by atoms with Crippen LogP contribution in [0.5, 0.6) is 0 Å². The second-order valence-electron chi connectivity index (χ2n) is 5.14. The fourth-order valence-corrected chi connectivity index (χ4v) is 2.61. The van der Waals surface area contributed by atoms with Crippen LogP contribution < -0.4 is 14.0 Å². The number of nitrogens with zero attached hydrogens (tertiary/aromatic N) is 2. The molecule has 2 aliphatic heterocycles. The third-order valence-corrected chi connectivity index (χ3v) is 4.12. The predicted molar refractivity (Wildman–Crippen MR) is 83.8 cm³/mol. The lowest BCUT2D eigenvalue weighted by Gasteiger charge is -2.30. The van der Waals surface area contributed by atoms with Gasteiger partial charge in [0.05, 0.1) is 37.4 Å². The molecule has 3 rings (SSSR count). The summed E-state index contributed by atoms with van der Waals surface area (Å²) in [5.41, 5.74) is 0.583. The van der Waals surface area contributed by atoms with E-state index >= 15 is 0 Å². The number of aliphatic imine (C=N–C) groups is 1. The van der Waals surface area contributed by atoms with Gasteiger partial charge >= 0.3 is 0 Å². The molecule has 1 N–H and O–H groups in total. The lowest BCUT2D eigenvalue weighted by Crippen LogP contribution is -2.58. The summed E-state index contributed by atoms with van der Waals surface area (Å²) in [6, 6.07) is 4.98. The average molecular weight is 408 g/mol. The zero-order chi connectivity index (χ0) is 18.6. The van der Waals surface area contributed by atoms with E-state index in [9.17, 15) is 4.79 Å².